The van der Waals surface area contributed by atoms with E-state index in [0.717, 1.165) is 0 Å². The Hall–Kier alpha value is -1.55. The highest BCUT2D eigenvalue weighted by Gasteiger charge is 2.36. The van der Waals surface area contributed by atoms with Crippen molar-refractivity contribution < 1.29 is 9.59 Å². The van der Waals surface area contributed by atoms with E-state index in [-0.39, 0.29) is 5.92 Å². The summed E-state index contributed by atoms with van der Waals surface area (Å²) < 4.78 is 0. The van der Waals surface area contributed by atoms with E-state index in [1.54, 1.807) is 31.2 Å². The van der Waals surface area contributed by atoms with Crippen LogP contribution in [-0.2, 0) is 4.79 Å². The summed E-state index contributed by atoms with van der Waals surface area (Å²) in [4.78, 5) is 23.6. The first-order valence-corrected chi connectivity index (χ1v) is 6.03. The molecule has 2 amide bonds. The van der Waals surface area contributed by atoms with E-state index < -0.39 is 17.4 Å². The minimum absolute atomic E-state index is 0.124. The van der Waals surface area contributed by atoms with Crippen LogP contribution in [0.25, 0.3) is 0 Å². The maximum Gasteiger partial charge on any atom is 0.253 e. The second-order valence-corrected chi connectivity index (χ2v) is 5.06. The second kappa shape index (κ2) is 5.40. The van der Waals surface area contributed by atoms with Crippen molar-refractivity contribution >= 4 is 23.4 Å². The topological polar surface area (TPSA) is 72.2 Å². The lowest BCUT2D eigenvalue weighted by atomic mass is 9.87. The molecule has 0 aliphatic rings. The number of carbonyl (C=O) groups is 2. The van der Waals surface area contributed by atoms with Crippen LogP contribution >= 0.6 is 11.6 Å². The quantitative estimate of drug-likeness (QED) is 0.876. The van der Waals surface area contributed by atoms with Crippen LogP contribution in [0.15, 0.2) is 24.3 Å². The molecule has 0 saturated heterocycles. The molecule has 0 saturated carbocycles. The maximum atomic E-state index is 12.1. The fraction of sp³-hybridized carbons (Fsp3) is 0.385. The van der Waals surface area contributed by atoms with Gasteiger partial charge in [-0.1, -0.05) is 37.6 Å². The number of nitrogens with one attached hydrogen (secondary N) is 1. The van der Waals surface area contributed by atoms with Gasteiger partial charge in [-0.3, -0.25) is 9.59 Å². The monoisotopic (exact) mass is 268 g/mol. The SMILES string of the molecule is CC(C)C(C)(NC(=O)c1ccccc1Cl)C(N)=O. The average molecular weight is 269 g/mol. The zero-order valence-corrected chi connectivity index (χ0v) is 11.4. The van der Waals surface area contributed by atoms with Crippen molar-refractivity contribution in [2.24, 2.45) is 11.7 Å². The summed E-state index contributed by atoms with van der Waals surface area (Å²) in [7, 11) is 0. The summed E-state index contributed by atoms with van der Waals surface area (Å²) in [5.74, 6) is -1.10. The number of benzene rings is 1. The van der Waals surface area contributed by atoms with Crippen molar-refractivity contribution in [2.75, 3.05) is 0 Å². The molecule has 5 heteroatoms. The van der Waals surface area contributed by atoms with Crippen LogP contribution in [0.5, 0.6) is 0 Å². The molecule has 18 heavy (non-hydrogen) atoms. The van der Waals surface area contributed by atoms with Gasteiger partial charge in [-0.05, 0) is 25.0 Å². The first-order valence-electron chi connectivity index (χ1n) is 5.66. The van der Waals surface area contributed by atoms with Crippen LogP contribution in [0.3, 0.4) is 0 Å². The molecule has 0 heterocycles. The van der Waals surface area contributed by atoms with E-state index in [1.807, 2.05) is 13.8 Å². The van der Waals surface area contributed by atoms with Gasteiger partial charge in [0.1, 0.15) is 5.54 Å². The average Bonchev–Trinajstić information content (AvgIpc) is 2.28. The van der Waals surface area contributed by atoms with Gasteiger partial charge in [0.15, 0.2) is 0 Å². The molecule has 0 aliphatic carbocycles. The number of halogens is 1. The lowest BCUT2D eigenvalue weighted by Crippen LogP contribution is -2.58. The van der Waals surface area contributed by atoms with E-state index in [2.05, 4.69) is 5.32 Å². The Balaban J connectivity index is 3.00. The van der Waals surface area contributed by atoms with Gasteiger partial charge in [-0.25, -0.2) is 0 Å². The minimum atomic E-state index is -1.10. The van der Waals surface area contributed by atoms with Crippen molar-refractivity contribution in [3.05, 3.63) is 34.9 Å². The number of amides is 2. The van der Waals surface area contributed by atoms with Gasteiger partial charge in [0.25, 0.3) is 5.91 Å². The molecule has 0 bridgehead atoms. The summed E-state index contributed by atoms with van der Waals surface area (Å²) >= 11 is 5.93. The molecule has 0 spiro atoms. The molecular formula is C13H17ClN2O2. The Labute approximate surface area is 112 Å². The molecule has 98 valence electrons. The number of hydrogen-bond donors (Lipinski definition) is 2. The molecule has 1 rings (SSSR count). The Morgan fingerprint density at radius 1 is 1.33 bits per heavy atom. The van der Waals surface area contributed by atoms with Gasteiger partial charge in [0.05, 0.1) is 10.6 Å². The highest BCUT2D eigenvalue weighted by Crippen LogP contribution is 2.19. The molecule has 1 aromatic carbocycles. The van der Waals surface area contributed by atoms with Crippen LogP contribution in [0, 0.1) is 5.92 Å². The first-order chi connectivity index (χ1) is 8.29. The van der Waals surface area contributed by atoms with Crippen LogP contribution in [-0.4, -0.2) is 17.4 Å². The van der Waals surface area contributed by atoms with Crippen molar-refractivity contribution in [3.8, 4) is 0 Å². The van der Waals surface area contributed by atoms with Gasteiger partial charge >= 0.3 is 0 Å². The lowest BCUT2D eigenvalue weighted by Gasteiger charge is -2.31. The summed E-state index contributed by atoms with van der Waals surface area (Å²) in [5, 5.41) is 2.99. The minimum Gasteiger partial charge on any atom is -0.368 e. The Morgan fingerprint density at radius 3 is 2.33 bits per heavy atom. The number of carbonyl (C=O) groups excluding carboxylic acids is 2. The predicted octanol–water partition coefficient (Wildman–Crippen LogP) is 1.97. The van der Waals surface area contributed by atoms with E-state index in [9.17, 15) is 9.59 Å². The molecule has 1 unspecified atom stereocenters. The van der Waals surface area contributed by atoms with Gasteiger partial charge in [0.2, 0.25) is 5.91 Å². The highest BCUT2D eigenvalue weighted by molar-refractivity contribution is 6.33. The third-order valence-electron chi connectivity index (χ3n) is 3.16. The van der Waals surface area contributed by atoms with Crippen LogP contribution < -0.4 is 11.1 Å². The number of rotatable bonds is 4. The predicted molar refractivity (Wildman–Crippen MR) is 71.4 cm³/mol. The van der Waals surface area contributed by atoms with Gasteiger partial charge in [-0.15, -0.1) is 0 Å². The van der Waals surface area contributed by atoms with Crippen molar-refractivity contribution in [2.45, 2.75) is 26.3 Å². The molecule has 0 fully saturated rings. The normalized spacial score (nSPS) is 14.1. The fourth-order valence-corrected chi connectivity index (χ4v) is 1.66. The van der Waals surface area contributed by atoms with Gasteiger partial charge in [-0.2, -0.15) is 0 Å². The smallest absolute Gasteiger partial charge is 0.253 e. The zero-order chi connectivity index (χ0) is 13.9. The van der Waals surface area contributed by atoms with Crippen LogP contribution in [0.4, 0.5) is 0 Å². The standard InChI is InChI=1S/C13H17ClN2O2/c1-8(2)13(3,12(15)18)16-11(17)9-6-4-5-7-10(9)14/h4-8H,1-3H3,(H2,15,18)(H,16,17). The molecule has 1 aromatic rings. The Kier molecular flexibility index (Phi) is 4.35. The number of nitrogens with two attached hydrogens (primary N) is 1. The molecular weight excluding hydrogens is 252 g/mol. The second-order valence-electron chi connectivity index (χ2n) is 4.66. The van der Waals surface area contributed by atoms with Gasteiger partial charge < -0.3 is 11.1 Å². The lowest BCUT2D eigenvalue weighted by molar-refractivity contribution is -0.125. The first kappa shape index (κ1) is 14.5. The van der Waals surface area contributed by atoms with E-state index in [1.165, 1.54) is 0 Å². The fourth-order valence-electron chi connectivity index (χ4n) is 1.44. The van der Waals surface area contributed by atoms with Crippen molar-refractivity contribution in [1.82, 2.24) is 5.32 Å². The van der Waals surface area contributed by atoms with Crippen molar-refractivity contribution in [1.29, 1.82) is 0 Å². The number of hydrogen-bond acceptors (Lipinski definition) is 2. The third kappa shape index (κ3) is 2.82. The van der Waals surface area contributed by atoms with E-state index >= 15 is 0 Å². The van der Waals surface area contributed by atoms with E-state index in [0.29, 0.717) is 10.6 Å². The molecule has 3 N–H and O–H groups in total. The highest BCUT2D eigenvalue weighted by atomic mass is 35.5. The summed E-state index contributed by atoms with van der Waals surface area (Å²) in [6.45, 7) is 5.24. The largest absolute Gasteiger partial charge is 0.368 e. The summed E-state index contributed by atoms with van der Waals surface area (Å²) in [6, 6.07) is 6.65. The van der Waals surface area contributed by atoms with Crippen molar-refractivity contribution in [3.63, 3.8) is 0 Å². The van der Waals surface area contributed by atoms with Crippen LogP contribution in [0.1, 0.15) is 31.1 Å². The zero-order valence-electron chi connectivity index (χ0n) is 10.7. The maximum absolute atomic E-state index is 12.1. The summed E-state index contributed by atoms with van der Waals surface area (Å²) in [6.07, 6.45) is 0. The third-order valence-corrected chi connectivity index (χ3v) is 3.49. The van der Waals surface area contributed by atoms with Crippen LogP contribution in [0.2, 0.25) is 5.02 Å². The van der Waals surface area contributed by atoms with Gasteiger partial charge in [0, 0.05) is 0 Å². The molecule has 4 nitrogen and oxygen atoms in total. The number of primary amides is 1. The Morgan fingerprint density at radius 2 is 1.89 bits per heavy atom. The molecule has 0 radical (unpaired) electrons. The Bertz CT molecular complexity index is 474. The molecule has 0 aliphatic heterocycles. The molecule has 0 aromatic heterocycles. The summed E-state index contributed by atoms with van der Waals surface area (Å²) in [5.41, 5.74) is 4.57. The molecule has 1 atom stereocenters. The van der Waals surface area contributed by atoms with E-state index in [4.69, 9.17) is 17.3 Å².